The maximum atomic E-state index is 13.5. The summed E-state index contributed by atoms with van der Waals surface area (Å²) in [5.41, 5.74) is 0.884. The first-order valence-electron chi connectivity index (χ1n) is 5.50. The van der Waals surface area contributed by atoms with Crippen molar-refractivity contribution in [3.8, 4) is 0 Å². The number of carboxylic acids is 1. The van der Waals surface area contributed by atoms with Gasteiger partial charge in [0.2, 0.25) is 0 Å². The molecule has 1 aliphatic carbocycles. The van der Waals surface area contributed by atoms with E-state index in [2.05, 4.69) is 0 Å². The molecule has 1 heterocycles. The molecule has 2 aromatic rings. The minimum atomic E-state index is -0.855. The van der Waals surface area contributed by atoms with Gasteiger partial charge in [-0.3, -0.25) is 4.79 Å². The summed E-state index contributed by atoms with van der Waals surface area (Å²) in [7, 11) is 0. The molecule has 88 valence electrons. The highest BCUT2D eigenvalue weighted by atomic mass is 19.1. The Bertz CT molecular complexity index is 596. The number of hydrogen-bond donors (Lipinski definition) is 1. The fraction of sp³-hybridized carbons (Fsp3) is 0.308. The van der Waals surface area contributed by atoms with Gasteiger partial charge in [0.25, 0.3) is 0 Å². The molecule has 0 spiro atoms. The van der Waals surface area contributed by atoms with Crippen LogP contribution >= 0.6 is 0 Å². The second kappa shape index (κ2) is 3.32. The highest BCUT2D eigenvalue weighted by Crippen LogP contribution is 2.53. The molecule has 0 unspecified atom stereocenters. The summed E-state index contributed by atoms with van der Waals surface area (Å²) in [5, 5.41) is 9.61. The van der Waals surface area contributed by atoms with Gasteiger partial charge >= 0.3 is 5.97 Å². The number of carbonyl (C=O) groups is 1. The van der Waals surface area contributed by atoms with Gasteiger partial charge in [0.1, 0.15) is 11.4 Å². The number of aliphatic carboxylic acids is 1. The highest BCUT2D eigenvalue weighted by Gasteiger charge is 2.47. The first-order valence-corrected chi connectivity index (χ1v) is 5.50. The predicted octanol–water partition coefficient (Wildman–Crippen LogP) is 3.08. The molecule has 1 aromatic carbocycles. The van der Waals surface area contributed by atoms with Crippen LogP contribution in [0.15, 0.2) is 28.9 Å². The maximum absolute atomic E-state index is 13.5. The standard InChI is InChI=1S/C13H11FO3/c14-9-5-8-1-4-17-12(8)10(6-9)13(2-3-13)7-11(15)16/h1,4-6H,2-3,7H2,(H,15,16). The van der Waals surface area contributed by atoms with E-state index in [1.807, 2.05) is 0 Å². The molecule has 4 heteroatoms. The van der Waals surface area contributed by atoms with Crippen LogP contribution in [0.3, 0.4) is 0 Å². The Kier molecular flexibility index (Phi) is 2.02. The molecular formula is C13H11FO3. The average Bonchev–Trinajstić information content (AvgIpc) is 2.87. The first-order chi connectivity index (χ1) is 8.11. The van der Waals surface area contributed by atoms with Crippen molar-refractivity contribution >= 4 is 16.9 Å². The van der Waals surface area contributed by atoms with Gasteiger partial charge in [0, 0.05) is 16.4 Å². The lowest BCUT2D eigenvalue weighted by atomic mass is 9.91. The van der Waals surface area contributed by atoms with Crippen LogP contribution in [0.2, 0.25) is 0 Å². The minimum absolute atomic E-state index is 0.0340. The number of benzene rings is 1. The predicted molar refractivity (Wildman–Crippen MR) is 59.3 cm³/mol. The zero-order chi connectivity index (χ0) is 12.0. The number of halogens is 1. The van der Waals surface area contributed by atoms with Crippen LogP contribution in [-0.4, -0.2) is 11.1 Å². The Morgan fingerprint density at radius 1 is 1.47 bits per heavy atom. The average molecular weight is 234 g/mol. The van der Waals surface area contributed by atoms with E-state index in [0.29, 0.717) is 16.5 Å². The highest BCUT2D eigenvalue weighted by molar-refractivity contribution is 5.83. The Morgan fingerprint density at radius 3 is 2.88 bits per heavy atom. The summed E-state index contributed by atoms with van der Waals surface area (Å²) in [4.78, 5) is 10.9. The summed E-state index contributed by atoms with van der Waals surface area (Å²) < 4.78 is 18.8. The van der Waals surface area contributed by atoms with Crippen molar-refractivity contribution < 1.29 is 18.7 Å². The molecule has 0 bridgehead atoms. The van der Waals surface area contributed by atoms with E-state index < -0.39 is 11.4 Å². The molecule has 1 aliphatic rings. The van der Waals surface area contributed by atoms with Crippen molar-refractivity contribution in [3.05, 3.63) is 35.8 Å². The fourth-order valence-electron chi connectivity index (χ4n) is 2.42. The monoisotopic (exact) mass is 234 g/mol. The number of hydrogen-bond acceptors (Lipinski definition) is 2. The normalized spacial score (nSPS) is 17.2. The third-order valence-electron chi connectivity index (χ3n) is 3.43. The molecule has 0 atom stereocenters. The zero-order valence-electron chi connectivity index (χ0n) is 9.07. The van der Waals surface area contributed by atoms with Crippen molar-refractivity contribution in [1.29, 1.82) is 0 Å². The van der Waals surface area contributed by atoms with Gasteiger partial charge in [-0.15, -0.1) is 0 Å². The molecule has 17 heavy (non-hydrogen) atoms. The van der Waals surface area contributed by atoms with Gasteiger partial charge in [-0.25, -0.2) is 4.39 Å². The molecule has 1 saturated carbocycles. The molecule has 1 aromatic heterocycles. The number of furan rings is 1. The summed E-state index contributed by atoms with van der Waals surface area (Å²) in [6.07, 6.45) is 3.09. The molecular weight excluding hydrogens is 223 g/mol. The summed E-state index contributed by atoms with van der Waals surface area (Å²) in [6, 6.07) is 4.50. The third-order valence-corrected chi connectivity index (χ3v) is 3.43. The first kappa shape index (κ1) is 10.3. The molecule has 3 nitrogen and oxygen atoms in total. The summed E-state index contributed by atoms with van der Waals surface area (Å²) in [6.45, 7) is 0. The Morgan fingerprint density at radius 2 is 2.24 bits per heavy atom. The molecule has 1 fully saturated rings. The molecule has 1 N–H and O–H groups in total. The van der Waals surface area contributed by atoms with E-state index in [4.69, 9.17) is 9.52 Å². The van der Waals surface area contributed by atoms with Gasteiger partial charge in [-0.05, 0) is 31.0 Å². The summed E-state index contributed by atoms with van der Waals surface area (Å²) >= 11 is 0. The molecule has 0 radical (unpaired) electrons. The smallest absolute Gasteiger partial charge is 0.304 e. The lowest BCUT2D eigenvalue weighted by Gasteiger charge is -2.13. The van der Waals surface area contributed by atoms with E-state index >= 15 is 0 Å². The number of carboxylic acid groups (broad SMARTS) is 1. The van der Waals surface area contributed by atoms with E-state index in [1.165, 1.54) is 18.4 Å². The van der Waals surface area contributed by atoms with Gasteiger partial charge in [-0.1, -0.05) is 0 Å². The Hall–Kier alpha value is -1.84. The van der Waals surface area contributed by atoms with E-state index in [9.17, 15) is 9.18 Å². The van der Waals surface area contributed by atoms with Crippen LogP contribution in [0.25, 0.3) is 11.0 Å². The molecule has 3 rings (SSSR count). The second-order valence-corrected chi connectivity index (χ2v) is 4.64. The van der Waals surface area contributed by atoms with E-state index in [0.717, 1.165) is 12.8 Å². The van der Waals surface area contributed by atoms with Crippen LogP contribution in [0.4, 0.5) is 4.39 Å². The number of fused-ring (bicyclic) bond motifs is 1. The van der Waals surface area contributed by atoms with Crippen LogP contribution in [-0.2, 0) is 10.2 Å². The molecule has 0 aliphatic heterocycles. The van der Waals surface area contributed by atoms with Crippen molar-refractivity contribution in [2.45, 2.75) is 24.7 Å². The minimum Gasteiger partial charge on any atom is -0.481 e. The fourth-order valence-corrected chi connectivity index (χ4v) is 2.42. The van der Waals surface area contributed by atoms with Crippen LogP contribution in [0.1, 0.15) is 24.8 Å². The Labute approximate surface area is 96.8 Å². The van der Waals surface area contributed by atoms with Crippen LogP contribution in [0, 0.1) is 5.82 Å². The number of rotatable bonds is 3. The lowest BCUT2D eigenvalue weighted by molar-refractivity contribution is -0.137. The zero-order valence-corrected chi connectivity index (χ0v) is 9.07. The quantitative estimate of drug-likeness (QED) is 0.887. The third kappa shape index (κ3) is 1.60. The van der Waals surface area contributed by atoms with Crippen molar-refractivity contribution in [2.24, 2.45) is 0 Å². The topological polar surface area (TPSA) is 50.4 Å². The van der Waals surface area contributed by atoms with Gasteiger partial charge in [0.05, 0.1) is 12.7 Å². The van der Waals surface area contributed by atoms with Crippen LogP contribution < -0.4 is 0 Å². The van der Waals surface area contributed by atoms with Gasteiger partial charge in [0.15, 0.2) is 0 Å². The Balaban J connectivity index is 2.16. The van der Waals surface area contributed by atoms with Crippen molar-refractivity contribution in [2.75, 3.05) is 0 Å². The maximum Gasteiger partial charge on any atom is 0.304 e. The molecule has 0 saturated heterocycles. The lowest BCUT2D eigenvalue weighted by Crippen LogP contribution is -2.13. The molecule has 0 amide bonds. The van der Waals surface area contributed by atoms with Gasteiger partial charge < -0.3 is 9.52 Å². The van der Waals surface area contributed by atoms with E-state index in [-0.39, 0.29) is 12.2 Å². The van der Waals surface area contributed by atoms with Gasteiger partial charge in [-0.2, -0.15) is 0 Å². The SMILES string of the molecule is O=C(O)CC1(c2cc(F)cc3ccoc23)CC1. The van der Waals surface area contributed by atoms with Crippen molar-refractivity contribution in [1.82, 2.24) is 0 Å². The second-order valence-electron chi connectivity index (χ2n) is 4.64. The largest absolute Gasteiger partial charge is 0.481 e. The summed E-state index contributed by atoms with van der Waals surface area (Å²) in [5.74, 6) is -1.20. The van der Waals surface area contributed by atoms with Crippen LogP contribution in [0.5, 0.6) is 0 Å². The van der Waals surface area contributed by atoms with E-state index in [1.54, 1.807) is 6.07 Å². The van der Waals surface area contributed by atoms with Crippen molar-refractivity contribution in [3.63, 3.8) is 0 Å².